The van der Waals surface area contributed by atoms with Crippen LogP contribution in [0.5, 0.6) is 0 Å². The number of carbonyl (C=O) groups excluding carboxylic acids is 1. The SMILES string of the molecule is CC(C)(C)n1cc(C(=O)NCc2nc(-c3sc4c(Br)cccc4c3CC(F)(F)F)no2)cn1. The third kappa shape index (κ3) is 5.11. The minimum absolute atomic E-state index is 0.0483. The van der Waals surface area contributed by atoms with Crippen LogP contribution in [-0.4, -0.2) is 32.0 Å². The molecule has 1 amide bonds. The highest BCUT2D eigenvalue weighted by molar-refractivity contribution is 9.10. The standard InChI is InChI=1S/C21H19BrF3N5O2S/c1-20(2,3)30-10-11(8-27-30)19(31)26-9-15-28-18(29-32-15)17-13(7-21(23,24)25)12-5-4-6-14(22)16(12)33-17/h4-6,8,10H,7,9H2,1-3H3,(H,26,31). The summed E-state index contributed by atoms with van der Waals surface area (Å²) in [5.74, 6) is -0.253. The van der Waals surface area contributed by atoms with Gasteiger partial charge in [0.05, 0.1) is 35.1 Å². The number of fused-ring (bicyclic) bond motifs is 1. The Kier molecular flexibility index (Phi) is 6.08. The second-order valence-corrected chi connectivity index (χ2v) is 10.2. The maximum absolute atomic E-state index is 13.3. The quantitative estimate of drug-likeness (QED) is 0.350. The highest BCUT2D eigenvalue weighted by Gasteiger charge is 2.32. The summed E-state index contributed by atoms with van der Waals surface area (Å²) >= 11 is 4.54. The Morgan fingerprint density at radius 3 is 2.70 bits per heavy atom. The van der Waals surface area contributed by atoms with E-state index in [0.29, 0.717) is 20.1 Å². The molecule has 0 unspecified atom stereocenters. The summed E-state index contributed by atoms with van der Waals surface area (Å²) in [5.41, 5.74) is 0.189. The van der Waals surface area contributed by atoms with E-state index in [2.05, 4.69) is 36.5 Å². The normalized spacial score (nSPS) is 12.5. The molecule has 0 aliphatic carbocycles. The number of thiophene rings is 1. The number of rotatable bonds is 5. The smallest absolute Gasteiger partial charge is 0.343 e. The summed E-state index contributed by atoms with van der Waals surface area (Å²) in [6, 6.07) is 5.08. The molecule has 4 rings (SSSR count). The first-order valence-electron chi connectivity index (χ1n) is 9.85. The average Bonchev–Trinajstić information content (AvgIpc) is 3.44. The van der Waals surface area contributed by atoms with E-state index in [1.807, 2.05) is 20.8 Å². The fourth-order valence-corrected chi connectivity index (χ4v) is 4.94. The molecule has 0 saturated carbocycles. The number of aromatic nitrogens is 4. The van der Waals surface area contributed by atoms with Gasteiger partial charge in [0, 0.05) is 15.4 Å². The van der Waals surface area contributed by atoms with Crippen molar-refractivity contribution < 1.29 is 22.5 Å². The third-order valence-electron chi connectivity index (χ3n) is 4.75. The molecule has 3 heterocycles. The van der Waals surface area contributed by atoms with Gasteiger partial charge in [0.2, 0.25) is 11.7 Å². The summed E-state index contributed by atoms with van der Waals surface area (Å²) in [7, 11) is 0. The second kappa shape index (κ2) is 8.56. The van der Waals surface area contributed by atoms with Gasteiger partial charge in [-0.05, 0) is 53.7 Å². The van der Waals surface area contributed by atoms with Crippen molar-refractivity contribution in [3.8, 4) is 10.7 Å². The first-order chi connectivity index (χ1) is 15.4. The lowest BCUT2D eigenvalue weighted by molar-refractivity contribution is -0.126. The number of hydrogen-bond donors (Lipinski definition) is 1. The van der Waals surface area contributed by atoms with Crippen molar-refractivity contribution in [3.05, 3.63) is 52.1 Å². The van der Waals surface area contributed by atoms with Gasteiger partial charge in [-0.15, -0.1) is 11.3 Å². The van der Waals surface area contributed by atoms with E-state index >= 15 is 0 Å². The molecule has 0 aliphatic heterocycles. The Morgan fingerprint density at radius 1 is 1.27 bits per heavy atom. The van der Waals surface area contributed by atoms with Crippen LogP contribution in [0.2, 0.25) is 0 Å². The van der Waals surface area contributed by atoms with E-state index in [0.717, 1.165) is 11.3 Å². The number of alkyl halides is 3. The summed E-state index contributed by atoms with van der Waals surface area (Å²) in [5, 5.41) is 11.2. The number of benzene rings is 1. The van der Waals surface area contributed by atoms with Gasteiger partial charge in [-0.2, -0.15) is 23.3 Å². The zero-order valence-electron chi connectivity index (χ0n) is 17.8. The number of amides is 1. The van der Waals surface area contributed by atoms with Crippen molar-refractivity contribution in [1.29, 1.82) is 0 Å². The van der Waals surface area contributed by atoms with Gasteiger partial charge in [-0.25, -0.2) is 0 Å². The second-order valence-electron chi connectivity index (χ2n) is 8.36. The lowest BCUT2D eigenvalue weighted by Gasteiger charge is -2.18. The van der Waals surface area contributed by atoms with Crippen LogP contribution >= 0.6 is 27.3 Å². The van der Waals surface area contributed by atoms with E-state index in [1.54, 1.807) is 29.1 Å². The molecule has 0 fully saturated rings. The van der Waals surface area contributed by atoms with Crippen LogP contribution in [0.25, 0.3) is 20.8 Å². The van der Waals surface area contributed by atoms with Gasteiger partial charge in [-0.3, -0.25) is 9.48 Å². The van der Waals surface area contributed by atoms with Gasteiger partial charge < -0.3 is 9.84 Å². The molecule has 0 bridgehead atoms. The van der Waals surface area contributed by atoms with Crippen LogP contribution in [0, 0.1) is 0 Å². The minimum atomic E-state index is -4.40. The van der Waals surface area contributed by atoms with E-state index in [1.165, 1.54) is 6.20 Å². The molecule has 4 aromatic rings. The number of nitrogens with zero attached hydrogens (tertiary/aromatic N) is 4. The van der Waals surface area contributed by atoms with Gasteiger partial charge in [-0.1, -0.05) is 17.3 Å². The molecule has 0 aliphatic rings. The van der Waals surface area contributed by atoms with Crippen LogP contribution in [-0.2, 0) is 18.5 Å². The number of nitrogens with one attached hydrogen (secondary N) is 1. The van der Waals surface area contributed by atoms with Gasteiger partial charge >= 0.3 is 6.18 Å². The van der Waals surface area contributed by atoms with Gasteiger partial charge in [0.1, 0.15) is 0 Å². The predicted octanol–water partition coefficient (Wildman–Crippen LogP) is 5.70. The number of hydrogen-bond acceptors (Lipinski definition) is 6. The van der Waals surface area contributed by atoms with Crippen molar-refractivity contribution in [2.45, 2.75) is 45.5 Å². The van der Waals surface area contributed by atoms with E-state index in [-0.39, 0.29) is 40.1 Å². The summed E-state index contributed by atoms with van der Waals surface area (Å²) < 4.78 is 48.0. The Hall–Kier alpha value is -2.73. The average molecular weight is 542 g/mol. The molecule has 12 heteroatoms. The molecule has 174 valence electrons. The molecule has 33 heavy (non-hydrogen) atoms. The minimum Gasteiger partial charge on any atom is -0.343 e. The van der Waals surface area contributed by atoms with E-state index in [4.69, 9.17) is 4.52 Å². The Balaban J connectivity index is 1.56. The lowest BCUT2D eigenvalue weighted by atomic mass is 10.1. The third-order valence-corrected chi connectivity index (χ3v) is 6.95. The molecule has 3 aromatic heterocycles. The molecule has 0 spiro atoms. The summed E-state index contributed by atoms with van der Waals surface area (Å²) in [6.45, 7) is 5.81. The van der Waals surface area contributed by atoms with Gasteiger partial charge in [0.15, 0.2) is 0 Å². The van der Waals surface area contributed by atoms with Crippen molar-refractivity contribution in [2.75, 3.05) is 0 Å². The zero-order chi connectivity index (χ0) is 24.0. The summed E-state index contributed by atoms with van der Waals surface area (Å²) in [4.78, 5) is 16.9. The van der Waals surface area contributed by atoms with Crippen molar-refractivity contribution in [2.24, 2.45) is 0 Å². The first kappa shape index (κ1) is 23.4. The maximum Gasteiger partial charge on any atom is 0.393 e. The van der Waals surface area contributed by atoms with Crippen LogP contribution < -0.4 is 5.32 Å². The molecule has 1 aromatic carbocycles. The molecule has 0 radical (unpaired) electrons. The lowest BCUT2D eigenvalue weighted by Crippen LogP contribution is -2.24. The molecular formula is C21H19BrF3N5O2S. The highest BCUT2D eigenvalue weighted by atomic mass is 79.9. The van der Waals surface area contributed by atoms with E-state index in [9.17, 15) is 18.0 Å². The monoisotopic (exact) mass is 541 g/mol. The van der Waals surface area contributed by atoms with Crippen LogP contribution in [0.4, 0.5) is 13.2 Å². The maximum atomic E-state index is 13.3. The fourth-order valence-electron chi connectivity index (χ4n) is 3.18. The largest absolute Gasteiger partial charge is 0.393 e. The van der Waals surface area contributed by atoms with E-state index < -0.39 is 12.6 Å². The van der Waals surface area contributed by atoms with Crippen LogP contribution in [0.15, 0.2) is 39.6 Å². The first-order valence-corrected chi connectivity index (χ1v) is 11.5. The molecular weight excluding hydrogens is 523 g/mol. The molecule has 0 saturated heterocycles. The fraction of sp³-hybridized carbons (Fsp3) is 0.333. The predicted molar refractivity (Wildman–Crippen MR) is 121 cm³/mol. The van der Waals surface area contributed by atoms with Crippen molar-refractivity contribution in [3.63, 3.8) is 0 Å². The van der Waals surface area contributed by atoms with Crippen molar-refractivity contribution in [1.82, 2.24) is 25.2 Å². The molecule has 1 N–H and O–H groups in total. The topological polar surface area (TPSA) is 85.8 Å². The zero-order valence-corrected chi connectivity index (χ0v) is 20.2. The number of halogens is 4. The molecule has 0 atom stereocenters. The van der Waals surface area contributed by atoms with Gasteiger partial charge in [0.25, 0.3) is 5.91 Å². The Bertz CT molecular complexity index is 1320. The number of carbonyl (C=O) groups is 1. The highest BCUT2D eigenvalue weighted by Crippen LogP contribution is 2.43. The Morgan fingerprint density at radius 2 is 2.03 bits per heavy atom. The van der Waals surface area contributed by atoms with Crippen molar-refractivity contribution >= 4 is 43.3 Å². The Labute approximate surface area is 199 Å². The van der Waals surface area contributed by atoms with Crippen LogP contribution in [0.1, 0.15) is 42.6 Å². The van der Waals surface area contributed by atoms with Crippen LogP contribution in [0.3, 0.4) is 0 Å². The summed E-state index contributed by atoms with van der Waals surface area (Å²) in [6.07, 6.45) is -2.42. The molecule has 7 nitrogen and oxygen atoms in total.